The van der Waals surface area contributed by atoms with Crippen molar-refractivity contribution in [1.82, 2.24) is 29.4 Å². The Morgan fingerprint density at radius 2 is 1.92 bits per heavy atom. The van der Waals surface area contributed by atoms with Crippen molar-refractivity contribution in [2.45, 2.75) is 33.4 Å². The van der Waals surface area contributed by atoms with Crippen LogP contribution in [0.3, 0.4) is 0 Å². The van der Waals surface area contributed by atoms with Crippen LogP contribution < -0.4 is 0 Å². The Hall–Kier alpha value is -2.96. The van der Waals surface area contributed by atoms with Gasteiger partial charge in [-0.05, 0) is 37.3 Å². The van der Waals surface area contributed by atoms with E-state index >= 15 is 0 Å². The van der Waals surface area contributed by atoms with E-state index in [0.29, 0.717) is 18.7 Å². The zero-order valence-electron chi connectivity index (χ0n) is 14.4. The lowest BCUT2D eigenvalue weighted by atomic mass is 10.1. The first-order chi connectivity index (χ1) is 12.2. The fourth-order valence-electron chi connectivity index (χ4n) is 3.22. The molecule has 0 bridgehead atoms. The molecule has 0 N–H and O–H groups in total. The van der Waals surface area contributed by atoms with E-state index in [9.17, 15) is 4.79 Å². The number of nitrogens with zero attached hydrogens (tertiary/aromatic N) is 6. The Bertz CT molecular complexity index is 908. The molecular weight excluding hydrogens is 316 g/mol. The number of fused-ring (bicyclic) bond motifs is 1. The minimum absolute atomic E-state index is 0.0241. The molecule has 1 amide bonds. The average molecular weight is 336 g/mol. The van der Waals surface area contributed by atoms with Gasteiger partial charge in [0.05, 0.1) is 12.2 Å². The molecule has 0 saturated carbocycles. The van der Waals surface area contributed by atoms with Crippen molar-refractivity contribution in [2.75, 3.05) is 6.54 Å². The molecule has 0 radical (unpaired) electrons. The van der Waals surface area contributed by atoms with Crippen LogP contribution >= 0.6 is 0 Å². The lowest BCUT2D eigenvalue weighted by Crippen LogP contribution is -2.38. The van der Waals surface area contributed by atoms with Gasteiger partial charge in [-0.15, -0.1) is 10.2 Å². The second kappa shape index (κ2) is 6.16. The van der Waals surface area contributed by atoms with Crippen molar-refractivity contribution in [3.05, 3.63) is 59.4 Å². The summed E-state index contributed by atoms with van der Waals surface area (Å²) < 4.78 is 3.97. The number of hydrogen-bond acceptors (Lipinski definition) is 4. The van der Waals surface area contributed by atoms with Gasteiger partial charge in [-0.2, -0.15) is 5.10 Å². The van der Waals surface area contributed by atoms with Gasteiger partial charge in [-0.1, -0.05) is 6.92 Å². The summed E-state index contributed by atoms with van der Waals surface area (Å²) >= 11 is 0. The summed E-state index contributed by atoms with van der Waals surface area (Å²) in [6.45, 7) is 6.00. The number of aromatic nitrogens is 5. The molecule has 0 atom stereocenters. The molecule has 25 heavy (non-hydrogen) atoms. The summed E-state index contributed by atoms with van der Waals surface area (Å²) in [4.78, 5) is 14.6. The maximum atomic E-state index is 12.8. The van der Waals surface area contributed by atoms with Crippen molar-refractivity contribution < 1.29 is 4.79 Å². The molecule has 1 aliphatic rings. The molecule has 0 aliphatic carbocycles. The molecule has 7 heteroatoms. The molecule has 2 aromatic heterocycles. The molecule has 128 valence electrons. The van der Waals surface area contributed by atoms with Crippen molar-refractivity contribution >= 4 is 5.91 Å². The highest BCUT2D eigenvalue weighted by Crippen LogP contribution is 2.17. The first-order valence-corrected chi connectivity index (χ1v) is 8.48. The van der Waals surface area contributed by atoms with E-state index in [1.165, 1.54) is 0 Å². The maximum absolute atomic E-state index is 12.8. The Kier molecular flexibility index (Phi) is 3.83. The fourth-order valence-corrected chi connectivity index (χ4v) is 3.22. The summed E-state index contributed by atoms with van der Waals surface area (Å²) in [7, 11) is 0. The van der Waals surface area contributed by atoms with Gasteiger partial charge in [0.25, 0.3) is 5.91 Å². The topological polar surface area (TPSA) is 68.8 Å². The van der Waals surface area contributed by atoms with Gasteiger partial charge in [-0.25, -0.2) is 4.68 Å². The molecule has 1 aromatic carbocycles. The van der Waals surface area contributed by atoms with Crippen LogP contribution in [0, 0.1) is 6.92 Å². The monoisotopic (exact) mass is 336 g/mol. The predicted molar refractivity (Wildman–Crippen MR) is 92.4 cm³/mol. The highest BCUT2D eigenvalue weighted by molar-refractivity contribution is 5.94. The summed E-state index contributed by atoms with van der Waals surface area (Å²) in [6, 6.07) is 9.52. The van der Waals surface area contributed by atoms with Crippen LogP contribution in [0.5, 0.6) is 0 Å². The maximum Gasteiger partial charge on any atom is 0.254 e. The second-order valence-corrected chi connectivity index (χ2v) is 6.20. The number of hydrogen-bond donors (Lipinski definition) is 0. The van der Waals surface area contributed by atoms with Crippen molar-refractivity contribution in [3.8, 4) is 5.69 Å². The average Bonchev–Trinajstić information content (AvgIpc) is 3.26. The van der Waals surface area contributed by atoms with Gasteiger partial charge in [0.2, 0.25) is 0 Å². The molecule has 3 aromatic rings. The molecular formula is C18H20N6O. The zero-order valence-corrected chi connectivity index (χ0v) is 14.4. The SMILES string of the molecule is CCc1nnc2n1CCN(C(=O)c1ccc(-n3nccc3C)cc1)C2. The molecule has 0 fully saturated rings. The van der Waals surface area contributed by atoms with Crippen LogP contribution in [-0.2, 0) is 19.5 Å². The van der Waals surface area contributed by atoms with Gasteiger partial charge in [-0.3, -0.25) is 4.79 Å². The summed E-state index contributed by atoms with van der Waals surface area (Å²) in [5.41, 5.74) is 2.68. The molecule has 0 unspecified atom stereocenters. The molecule has 4 rings (SSSR count). The van der Waals surface area contributed by atoms with Crippen LogP contribution in [0.15, 0.2) is 36.5 Å². The first kappa shape index (κ1) is 15.6. The summed E-state index contributed by atoms with van der Waals surface area (Å²) in [6.07, 6.45) is 2.62. The Morgan fingerprint density at radius 3 is 2.60 bits per heavy atom. The van der Waals surface area contributed by atoms with Gasteiger partial charge in [0.1, 0.15) is 5.82 Å². The lowest BCUT2D eigenvalue weighted by Gasteiger charge is -2.28. The number of carbonyl (C=O) groups excluding carboxylic acids is 1. The normalized spacial score (nSPS) is 13.8. The third-order valence-electron chi connectivity index (χ3n) is 4.62. The standard InChI is InChI=1S/C18H20N6O/c1-3-16-20-21-17-12-22(10-11-23(16)17)18(25)14-4-6-15(7-5-14)24-13(2)8-9-19-24/h4-9H,3,10-12H2,1-2H3. The van der Waals surface area contributed by atoms with Crippen molar-refractivity contribution in [1.29, 1.82) is 0 Å². The minimum Gasteiger partial charge on any atom is -0.329 e. The van der Waals surface area contributed by atoms with Gasteiger partial charge >= 0.3 is 0 Å². The Morgan fingerprint density at radius 1 is 1.12 bits per heavy atom. The van der Waals surface area contributed by atoms with E-state index in [1.807, 2.05) is 46.8 Å². The molecule has 3 heterocycles. The smallest absolute Gasteiger partial charge is 0.254 e. The number of amides is 1. The van der Waals surface area contributed by atoms with E-state index < -0.39 is 0 Å². The highest BCUT2D eigenvalue weighted by atomic mass is 16.2. The van der Waals surface area contributed by atoms with E-state index in [4.69, 9.17) is 0 Å². The quantitative estimate of drug-likeness (QED) is 0.733. The zero-order chi connectivity index (χ0) is 17.4. The highest BCUT2D eigenvalue weighted by Gasteiger charge is 2.24. The van der Waals surface area contributed by atoms with Crippen LogP contribution in [0.4, 0.5) is 0 Å². The van der Waals surface area contributed by atoms with Gasteiger partial charge < -0.3 is 9.47 Å². The first-order valence-electron chi connectivity index (χ1n) is 8.48. The third kappa shape index (κ3) is 2.71. The molecule has 0 spiro atoms. The van der Waals surface area contributed by atoms with Crippen LogP contribution in [-0.4, -0.2) is 41.9 Å². The van der Waals surface area contributed by atoms with Crippen LogP contribution in [0.2, 0.25) is 0 Å². The molecule has 1 aliphatic heterocycles. The largest absolute Gasteiger partial charge is 0.329 e. The van der Waals surface area contributed by atoms with E-state index in [2.05, 4.69) is 26.8 Å². The Labute approximate surface area is 145 Å². The number of rotatable bonds is 3. The fraction of sp³-hybridized carbons (Fsp3) is 0.333. The minimum atomic E-state index is 0.0241. The van der Waals surface area contributed by atoms with E-state index in [0.717, 1.165) is 36.0 Å². The van der Waals surface area contributed by atoms with Crippen molar-refractivity contribution in [3.63, 3.8) is 0 Å². The predicted octanol–water partition coefficient (Wildman–Crippen LogP) is 1.99. The second-order valence-electron chi connectivity index (χ2n) is 6.20. The van der Waals surface area contributed by atoms with Gasteiger partial charge in [0.15, 0.2) is 5.82 Å². The van der Waals surface area contributed by atoms with Gasteiger partial charge in [0, 0.05) is 37.0 Å². The van der Waals surface area contributed by atoms with Crippen LogP contribution in [0.1, 0.15) is 34.6 Å². The number of aryl methyl sites for hydroxylation is 2. The number of benzene rings is 1. The van der Waals surface area contributed by atoms with Crippen LogP contribution in [0.25, 0.3) is 5.69 Å². The third-order valence-corrected chi connectivity index (χ3v) is 4.62. The van der Waals surface area contributed by atoms with Crippen molar-refractivity contribution in [2.24, 2.45) is 0 Å². The summed E-state index contributed by atoms with van der Waals surface area (Å²) in [5, 5.41) is 12.7. The Balaban J connectivity index is 1.52. The lowest BCUT2D eigenvalue weighted by molar-refractivity contribution is 0.0706. The van der Waals surface area contributed by atoms with E-state index in [1.54, 1.807) is 6.20 Å². The molecule has 7 nitrogen and oxygen atoms in total. The molecule has 0 saturated heterocycles. The van der Waals surface area contributed by atoms with E-state index in [-0.39, 0.29) is 5.91 Å². The summed E-state index contributed by atoms with van der Waals surface area (Å²) in [5.74, 6) is 1.87. The number of carbonyl (C=O) groups is 1.